The smallest absolute Gasteiger partial charge is 0.0951 e. The highest BCUT2D eigenvalue weighted by Gasteiger charge is 2.14. The van der Waals surface area contributed by atoms with Gasteiger partial charge in [-0.25, -0.2) is 4.98 Å². The van der Waals surface area contributed by atoms with Crippen LogP contribution in [0.15, 0.2) is 79.3 Å². The molecule has 0 spiro atoms. The monoisotopic (exact) mass is 381 g/mol. The first-order valence-corrected chi connectivity index (χ1v) is 10.00. The third kappa shape index (κ3) is 4.15. The van der Waals surface area contributed by atoms with Crippen LogP contribution in [0.5, 0.6) is 0 Å². The Morgan fingerprint density at radius 2 is 1.69 bits per heavy atom. The molecular formula is C26H27N3. The standard InChI is InChI=1S/C26H27N3/c1-18-7-10-22(11-8-18)26(27)25-15-28-17-29(25)16-21-9-12-24(20(3)14-21)23-6-4-5-19(2)13-23/h4-15,17,26H,16,27H2,1-3H3. The molecule has 0 amide bonds. The summed E-state index contributed by atoms with van der Waals surface area (Å²) in [4.78, 5) is 4.36. The summed E-state index contributed by atoms with van der Waals surface area (Å²) in [7, 11) is 0. The number of nitrogens with two attached hydrogens (primary N) is 1. The fraction of sp³-hybridized carbons (Fsp3) is 0.192. The van der Waals surface area contributed by atoms with Gasteiger partial charge in [0.15, 0.2) is 0 Å². The van der Waals surface area contributed by atoms with Gasteiger partial charge in [0.25, 0.3) is 0 Å². The normalized spacial score (nSPS) is 12.1. The highest BCUT2D eigenvalue weighted by atomic mass is 15.1. The van der Waals surface area contributed by atoms with Crippen LogP contribution in [0, 0.1) is 20.8 Å². The molecule has 0 saturated carbocycles. The molecular weight excluding hydrogens is 354 g/mol. The van der Waals surface area contributed by atoms with Crippen LogP contribution >= 0.6 is 0 Å². The maximum Gasteiger partial charge on any atom is 0.0951 e. The molecule has 1 heterocycles. The number of nitrogens with zero attached hydrogens (tertiary/aromatic N) is 2. The summed E-state index contributed by atoms with van der Waals surface area (Å²) >= 11 is 0. The predicted molar refractivity (Wildman–Crippen MR) is 120 cm³/mol. The SMILES string of the molecule is Cc1ccc(C(N)c2cncn2Cc2ccc(-c3cccc(C)c3)c(C)c2)cc1. The van der Waals surface area contributed by atoms with Gasteiger partial charge in [0.05, 0.1) is 24.3 Å². The Labute approximate surface area is 172 Å². The second-order valence-electron chi connectivity index (χ2n) is 7.85. The summed E-state index contributed by atoms with van der Waals surface area (Å²) in [6.45, 7) is 7.14. The molecule has 3 heteroatoms. The summed E-state index contributed by atoms with van der Waals surface area (Å²) in [5, 5.41) is 0. The third-order valence-electron chi connectivity index (χ3n) is 5.47. The Morgan fingerprint density at radius 1 is 0.897 bits per heavy atom. The topological polar surface area (TPSA) is 43.8 Å². The van der Waals surface area contributed by atoms with E-state index in [4.69, 9.17) is 5.73 Å². The first kappa shape index (κ1) is 19.2. The van der Waals surface area contributed by atoms with Crippen molar-refractivity contribution >= 4 is 0 Å². The maximum absolute atomic E-state index is 6.55. The molecule has 1 unspecified atom stereocenters. The molecule has 0 fully saturated rings. The first-order valence-electron chi connectivity index (χ1n) is 10.00. The molecule has 3 nitrogen and oxygen atoms in total. The summed E-state index contributed by atoms with van der Waals surface area (Å²) in [6.07, 6.45) is 3.74. The van der Waals surface area contributed by atoms with E-state index in [1.807, 2.05) is 12.5 Å². The van der Waals surface area contributed by atoms with E-state index in [0.29, 0.717) is 0 Å². The van der Waals surface area contributed by atoms with Crippen LogP contribution in [0.2, 0.25) is 0 Å². The minimum absolute atomic E-state index is 0.189. The van der Waals surface area contributed by atoms with Gasteiger partial charge < -0.3 is 10.3 Å². The zero-order valence-electron chi connectivity index (χ0n) is 17.3. The van der Waals surface area contributed by atoms with Crippen LogP contribution in [0.4, 0.5) is 0 Å². The number of aryl methyl sites for hydroxylation is 3. The predicted octanol–water partition coefficient (Wildman–Crippen LogP) is 5.57. The van der Waals surface area contributed by atoms with E-state index in [0.717, 1.165) is 17.8 Å². The van der Waals surface area contributed by atoms with Crippen molar-refractivity contribution in [3.8, 4) is 11.1 Å². The molecule has 2 N–H and O–H groups in total. The van der Waals surface area contributed by atoms with E-state index < -0.39 is 0 Å². The molecule has 146 valence electrons. The maximum atomic E-state index is 6.55. The average Bonchev–Trinajstić information content (AvgIpc) is 3.16. The summed E-state index contributed by atoms with van der Waals surface area (Å²) in [5.41, 5.74) is 16.2. The van der Waals surface area contributed by atoms with Gasteiger partial charge in [0.1, 0.15) is 0 Å². The van der Waals surface area contributed by atoms with E-state index in [1.165, 1.54) is 33.4 Å². The lowest BCUT2D eigenvalue weighted by atomic mass is 9.97. The van der Waals surface area contributed by atoms with Crippen molar-refractivity contribution in [2.75, 3.05) is 0 Å². The first-order chi connectivity index (χ1) is 14.0. The van der Waals surface area contributed by atoms with Crippen LogP contribution in [0.3, 0.4) is 0 Å². The number of hydrogen-bond donors (Lipinski definition) is 1. The Hall–Kier alpha value is -3.17. The molecule has 29 heavy (non-hydrogen) atoms. The molecule has 0 aliphatic carbocycles. The van der Waals surface area contributed by atoms with Gasteiger partial charge in [-0.15, -0.1) is 0 Å². The van der Waals surface area contributed by atoms with Crippen LogP contribution in [0.25, 0.3) is 11.1 Å². The lowest BCUT2D eigenvalue weighted by molar-refractivity contribution is 0.695. The minimum Gasteiger partial charge on any atom is -0.328 e. The zero-order chi connectivity index (χ0) is 20.4. The van der Waals surface area contributed by atoms with Crippen LogP contribution in [0.1, 0.15) is 39.6 Å². The average molecular weight is 382 g/mol. The van der Waals surface area contributed by atoms with Gasteiger partial charge >= 0.3 is 0 Å². The molecule has 0 aliphatic rings. The minimum atomic E-state index is -0.189. The quantitative estimate of drug-likeness (QED) is 0.491. The molecule has 4 aromatic rings. The van der Waals surface area contributed by atoms with Crippen molar-refractivity contribution < 1.29 is 0 Å². The number of imidazole rings is 1. The number of benzene rings is 3. The van der Waals surface area contributed by atoms with Gasteiger partial charge in [-0.05, 0) is 48.6 Å². The van der Waals surface area contributed by atoms with Gasteiger partial charge in [-0.3, -0.25) is 0 Å². The molecule has 1 atom stereocenters. The van der Waals surface area contributed by atoms with Crippen molar-refractivity contribution in [3.05, 3.63) is 113 Å². The van der Waals surface area contributed by atoms with Gasteiger partial charge in [-0.2, -0.15) is 0 Å². The molecule has 0 saturated heterocycles. The second kappa shape index (κ2) is 8.06. The number of aromatic nitrogens is 2. The molecule has 3 aromatic carbocycles. The lowest BCUT2D eigenvalue weighted by Gasteiger charge is -2.16. The van der Waals surface area contributed by atoms with Crippen molar-refractivity contribution in [3.63, 3.8) is 0 Å². The Balaban J connectivity index is 1.58. The third-order valence-corrected chi connectivity index (χ3v) is 5.47. The van der Waals surface area contributed by atoms with Gasteiger partial charge in [0.2, 0.25) is 0 Å². The van der Waals surface area contributed by atoms with Crippen LogP contribution in [-0.4, -0.2) is 9.55 Å². The van der Waals surface area contributed by atoms with Crippen LogP contribution < -0.4 is 5.73 Å². The van der Waals surface area contributed by atoms with E-state index in [2.05, 4.69) is 97.1 Å². The Morgan fingerprint density at radius 3 is 2.41 bits per heavy atom. The van der Waals surface area contributed by atoms with Gasteiger partial charge in [-0.1, -0.05) is 77.9 Å². The molecule has 4 rings (SSSR count). The summed E-state index contributed by atoms with van der Waals surface area (Å²) < 4.78 is 2.14. The number of hydrogen-bond acceptors (Lipinski definition) is 2. The lowest BCUT2D eigenvalue weighted by Crippen LogP contribution is -2.17. The number of rotatable bonds is 5. The largest absolute Gasteiger partial charge is 0.328 e. The van der Waals surface area contributed by atoms with E-state index in [9.17, 15) is 0 Å². The Kier molecular flexibility index (Phi) is 5.32. The van der Waals surface area contributed by atoms with E-state index in [-0.39, 0.29) is 6.04 Å². The van der Waals surface area contributed by atoms with Crippen molar-refractivity contribution in [2.24, 2.45) is 5.73 Å². The van der Waals surface area contributed by atoms with E-state index >= 15 is 0 Å². The summed E-state index contributed by atoms with van der Waals surface area (Å²) in [6, 6.07) is 23.5. The van der Waals surface area contributed by atoms with E-state index in [1.54, 1.807) is 0 Å². The van der Waals surface area contributed by atoms with Crippen molar-refractivity contribution in [2.45, 2.75) is 33.4 Å². The van der Waals surface area contributed by atoms with Crippen molar-refractivity contribution in [1.82, 2.24) is 9.55 Å². The van der Waals surface area contributed by atoms with Crippen LogP contribution in [-0.2, 0) is 6.54 Å². The highest BCUT2D eigenvalue weighted by molar-refractivity contribution is 5.68. The van der Waals surface area contributed by atoms with Gasteiger partial charge in [0, 0.05) is 6.54 Å². The molecule has 1 aromatic heterocycles. The fourth-order valence-electron chi connectivity index (χ4n) is 3.82. The molecule has 0 bridgehead atoms. The fourth-order valence-corrected chi connectivity index (χ4v) is 3.82. The highest BCUT2D eigenvalue weighted by Crippen LogP contribution is 2.26. The van der Waals surface area contributed by atoms with Crippen molar-refractivity contribution in [1.29, 1.82) is 0 Å². The molecule has 0 radical (unpaired) electrons. The summed E-state index contributed by atoms with van der Waals surface area (Å²) in [5.74, 6) is 0. The Bertz CT molecular complexity index is 1120. The second-order valence-corrected chi connectivity index (χ2v) is 7.85. The molecule has 0 aliphatic heterocycles. The zero-order valence-corrected chi connectivity index (χ0v) is 17.3.